The van der Waals surface area contributed by atoms with E-state index in [0.717, 1.165) is 24.8 Å². The van der Waals surface area contributed by atoms with Crippen molar-refractivity contribution < 1.29 is 9.59 Å². The molecule has 2 fully saturated rings. The first kappa shape index (κ1) is 22.6. The number of amides is 3. The van der Waals surface area contributed by atoms with E-state index in [9.17, 15) is 9.59 Å². The number of nitrogens with one attached hydrogen (secondary N) is 2. The molecule has 2 saturated heterocycles. The Morgan fingerprint density at radius 3 is 2.33 bits per heavy atom. The van der Waals surface area contributed by atoms with Gasteiger partial charge in [0.2, 0.25) is 5.91 Å². The molecule has 6 nitrogen and oxygen atoms in total. The van der Waals surface area contributed by atoms with Crippen LogP contribution in [-0.2, 0) is 4.79 Å². The smallest absolute Gasteiger partial charge is 0.317 e. The Bertz CT molecular complexity index is 750. The molecule has 30 heavy (non-hydrogen) atoms. The lowest BCUT2D eigenvalue weighted by atomic mass is 9.93. The Kier molecular flexibility index (Phi) is 6.46. The topological polar surface area (TPSA) is 64.7 Å². The first-order valence-corrected chi connectivity index (χ1v) is 11.3. The minimum atomic E-state index is -0.404. The average Bonchev–Trinajstić information content (AvgIpc) is 2.98. The summed E-state index contributed by atoms with van der Waals surface area (Å²) in [6, 6.07) is 10.0. The van der Waals surface area contributed by atoms with Crippen molar-refractivity contribution in [2.75, 3.05) is 13.1 Å². The molecule has 1 aromatic carbocycles. The van der Waals surface area contributed by atoms with Crippen LogP contribution in [0.2, 0.25) is 0 Å². The SMILES string of the molecule is CC[C@H](C)[C@H]1NC2(CCN(C(=O)NC(C)(C)C)CC2)N([C@H](C)c2ccccc2)C1=O. The average molecular weight is 415 g/mol. The fraction of sp³-hybridized carbons (Fsp3) is 0.667. The molecule has 0 aliphatic carbocycles. The van der Waals surface area contributed by atoms with E-state index in [0.29, 0.717) is 13.1 Å². The quantitative estimate of drug-likeness (QED) is 0.785. The number of benzene rings is 1. The lowest BCUT2D eigenvalue weighted by Crippen LogP contribution is -2.61. The van der Waals surface area contributed by atoms with Crippen LogP contribution >= 0.6 is 0 Å². The minimum absolute atomic E-state index is 0.0183. The molecular weight excluding hydrogens is 376 g/mol. The molecule has 1 spiro atoms. The van der Waals surface area contributed by atoms with Crippen molar-refractivity contribution in [1.29, 1.82) is 0 Å². The summed E-state index contributed by atoms with van der Waals surface area (Å²) in [5, 5.41) is 6.79. The highest BCUT2D eigenvalue weighted by Gasteiger charge is 2.54. The van der Waals surface area contributed by atoms with E-state index in [-0.39, 0.29) is 35.5 Å². The van der Waals surface area contributed by atoms with E-state index in [1.807, 2.05) is 43.9 Å². The first-order chi connectivity index (χ1) is 14.1. The Hall–Kier alpha value is -2.08. The second kappa shape index (κ2) is 8.58. The highest BCUT2D eigenvalue weighted by Crippen LogP contribution is 2.40. The van der Waals surface area contributed by atoms with Gasteiger partial charge in [0.1, 0.15) is 0 Å². The van der Waals surface area contributed by atoms with Crippen molar-refractivity contribution in [3.05, 3.63) is 35.9 Å². The minimum Gasteiger partial charge on any atom is -0.333 e. The van der Waals surface area contributed by atoms with Gasteiger partial charge >= 0.3 is 6.03 Å². The van der Waals surface area contributed by atoms with Gasteiger partial charge < -0.3 is 15.1 Å². The van der Waals surface area contributed by atoms with Crippen molar-refractivity contribution in [1.82, 2.24) is 20.4 Å². The van der Waals surface area contributed by atoms with Crippen LogP contribution in [0.25, 0.3) is 0 Å². The highest BCUT2D eigenvalue weighted by atomic mass is 16.2. The maximum atomic E-state index is 13.6. The molecule has 2 heterocycles. The molecule has 0 unspecified atom stereocenters. The third-order valence-corrected chi connectivity index (χ3v) is 6.63. The zero-order valence-electron chi connectivity index (χ0n) is 19.4. The van der Waals surface area contributed by atoms with E-state index >= 15 is 0 Å². The number of likely N-dealkylation sites (tertiary alicyclic amines) is 1. The van der Waals surface area contributed by atoms with E-state index in [4.69, 9.17) is 0 Å². The number of hydrogen-bond donors (Lipinski definition) is 2. The summed E-state index contributed by atoms with van der Waals surface area (Å²) in [5.41, 5.74) is 0.479. The van der Waals surface area contributed by atoms with Crippen molar-refractivity contribution in [3.63, 3.8) is 0 Å². The van der Waals surface area contributed by atoms with E-state index in [1.165, 1.54) is 0 Å². The summed E-state index contributed by atoms with van der Waals surface area (Å²) in [6.45, 7) is 13.6. The predicted molar refractivity (Wildman–Crippen MR) is 120 cm³/mol. The first-order valence-electron chi connectivity index (χ1n) is 11.3. The molecule has 2 aliphatic heterocycles. The van der Waals surface area contributed by atoms with Crippen molar-refractivity contribution in [3.8, 4) is 0 Å². The molecule has 3 rings (SSSR count). The summed E-state index contributed by atoms with van der Waals surface area (Å²) in [6.07, 6.45) is 2.42. The number of urea groups is 1. The Morgan fingerprint density at radius 1 is 1.20 bits per heavy atom. The van der Waals surface area contributed by atoms with Crippen LogP contribution in [0, 0.1) is 5.92 Å². The maximum absolute atomic E-state index is 13.6. The molecule has 1 aromatic rings. The summed E-state index contributed by atoms with van der Waals surface area (Å²) in [5.74, 6) is 0.456. The predicted octanol–water partition coefficient (Wildman–Crippen LogP) is 3.89. The maximum Gasteiger partial charge on any atom is 0.317 e. The van der Waals surface area contributed by atoms with E-state index in [1.54, 1.807) is 0 Å². The Morgan fingerprint density at radius 2 is 1.80 bits per heavy atom. The monoisotopic (exact) mass is 414 g/mol. The number of rotatable bonds is 4. The summed E-state index contributed by atoms with van der Waals surface area (Å²) >= 11 is 0. The van der Waals surface area contributed by atoms with Gasteiger partial charge in [0.25, 0.3) is 0 Å². The molecule has 0 bridgehead atoms. The van der Waals surface area contributed by atoms with Gasteiger partial charge in [0, 0.05) is 31.5 Å². The van der Waals surface area contributed by atoms with Crippen LogP contribution in [0.1, 0.15) is 72.4 Å². The van der Waals surface area contributed by atoms with Crippen molar-refractivity contribution in [2.45, 2.75) is 84.1 Å². The molecule has 0 aromatic heterocycles. The fourth-order valence-corrected chi connectivity index (χ4v) is 4.71. The number of carbonyl (C=O) groups is 2. The molecule has 6 heteroatoms. The van der Waals surface area contributed by atoms with Crippen LogP contribution in [0.4, 0.5) is 4.79 Å². The van der Waals surface area contributed by atoms with Gasteiger partial charge in [0.15, 0.2) is 0 Å². The molecule has 3 atom stereocenters. The number of nitrogens with zero attached hydrogens (tertiary/aromatic N) is 2. The lowest BCUT2D eigenvalue weighted by molar-refractivity contribution is -0.136. The molecule has 2 aliphatic rings. The van der Waals surface area contributed by atoms with Crippen LogP contribution in [0.5, 0.6) is 0 Å². The van der Waals surface area contributed by atoms with Gasteiger partial charge in [-0.1, -0.05) is 50.6 Å². The van der Waals surface area contributed by atoms with Gasteiger partial charge in [-0.2, -0.15) is 0 Å². The third-order valence-electron chi connectivity index (χ3n) is 6.63. The largest absolute Gasteiger partial charge is 0.333 e. The molecular formula is C24H38N4O2. The Labute approximate surface area is 181 Å². The van der Waals surface area contributed by atoms with Gasteiger partial charge in [-0.25, -0.2) is 4.79 Å². The van der Waals surface area contributed by atoms with Crippen LogP contribution in [-0.4, -0.2) is 52.1 Å². The Balaban J connectivity index is 1.83. The zero-order valence-corrected chi connectivity index (χ0v) is 19.4. The normalized spacial score (nSPS) is 23.5. The van der Waals surface area contributed by atoms with E-state index < -0.39 is 5.66 Å². The second-order valence-corrected chi connectivity index (χ2v) is 10.0. The zero-order chi connectivity index (χ0) is 22.1. The summed E-state index contributed by atoms with van der Waals surface area (Å²) in [4.78, 5) is 30.2. The van der Waals surface area contributed by atoms with Crippen molar-refractivity contribution >= 4 is 11.9 Å². The number of piperidine rings is 1. The lowest BCUT2D eigenvalue weighted by Gasteiger charge is -2.47. The standard InChI is InChI=1S/C24H38N4O2/c1-7-17(2)20-21(29)28(18(3)19-11-9-8-10-12-19)24(25-20)13-15-27(16-14-24)22(30)26-23(4,5)6/h8-12,17-18,20,25H,7,13-16H2,1-6H3,(H,26,30)/t17-,18+,20+/m0/s1. The summed E-state index contributed by atoms with van der Waals surface area (Å²) in [7, 11) is 0. The van der Waals surface area contributed by atoms with Crippen LogP contribution in [0.3, 0.4) is 0 Å². The molecule has 2 N–H and O–H groups in total. The highest BCUT2D eigenvalue weighted by molar-refractivity contribution is 5.86. The second-order valence-electron chi connectivity index (χ2n) is 10.0. The van der Waals surface area contributed by atoms with Gasteiger partial charge in [-0.05, 0) is 39.2 Å². The summed E-state index contributed by atoms with van der Waals surface area (Å²) < 4.78 is 0. The fourth-order valence-electron chi connectivity index (χ4n) is 4.71. The van der Waals surface area contributed by atoms with Gasteiger partial charge in [-0.15, -0.1) is 0 Å². The van der Waals surface area contributed by atoms with Crippen LogP contribution in [0.15, 0.2) is 30.3 Å². The molecule has 3 amide bonds. The van der Waals surface area contributed by atoms with Gasteiger partial charge in [0.05, 0.1) is 17.7 Å². The van der Waals surface area contributed by atoms with E-state index in [2.05, 4.69) is 48.4 Å². The number of hydrogen-bond acceptors (Lipinski definition) is 3. The van der Waals surface area contributed by atoms with Crippen LogP contribution < -0.4 is 10.6 Å². The number of carbonyl (C=O) groups excluding carboxylic acids is 2. The molecule has 0 radical (unpaired) electrons. The van der Waals surface area contributed by atoms with Crippen molar-refractivity contribution in [2.24, 2.45) is 5.92 Å². The van der Waals surface area contributed by atoms with Gasteiger partial charge in [-0.3, -0.25) is 10.1 Å². The third kappa shape index (κ3) is 4.48. The molecule has 166 valence electrons. The molecule has 0 saturated carbocycles.